The molecule has 3 heterocycles. The molecule has 0 radical (unpaired) electrons. The molecule has 0 bridgehead atoms. The zero-order valence-electron chi connectivity index (χ0n) is 20.6. The lowest BCUT2D eigenvalue weighted by Gasteiger charge is -2.27. The zero-order valence-corrected chi connectivity index (χ0v) is 21.4. The quantitative estimate of drug-likeness (QED) is 0.326. The molecule has 0 spiro atoms. The van der Waals surface area contributed by atoms with Crippen LogP contribution in [-0.2, 0) is 11.3 Å². The minimum atomic E-state index is -2.65. The number of hydrogen-bond donors (Lipinski definition) is 2. The summed E-state index contributed by atoms with van der Waals surface area (Å²) in [6.45, 7) is 4.87. The Labute approximate surface area is 217 Å². The summed E-state index contributed by atoms with van der Waals surface area (Å²) < 4.78 is 27.8. The standard InChI is InChI=1S/C26H28F2N6O2S/c1-26(2,15-30)12-16(13-29)24(36)33-11-5-6-17(33)14-34-19-8-4-3-7-18(19)31-25(34)32-23(35)21-10-9-20(37-21)22(27)28/h3-4,7-10,12,17,22H,5-6,11,14-15,30H2,1-2H3,(H,31,32,35)/b16-12+/t17-/m1/s1. The molecule has 1 saturated heterocycles. The molecular formula is C26H28F2N6O2S. The summed E-state index contributed by atoms with van der Waals surface area (Å²) in [5, 5.41) is 12.4. The number of nitrogens with one attached hydrogen (secondary N) is 1. The molecule has 0 aliphatic carbocycles. The lowest BCUT2D eigenvalue weighted by molar-refractivity contribution is -0.127. The Morgan fingerprint density at radius 2 is 2.08 bits per heavy atom. The Hall–Kier alpha value is -3.62. The summed E-state index contributed by atoms with van der Waals surface area (Å²) in [6.07, 6.45) is 0.463. The van der Waals surface area contributed by atoms with Crippen LogP contribution in [0.1, 0.15) is 47.7 Å². The molecule has 4 rings (SSSR count). The monoisotopic (exact) mass is 526 g/mol. The molecule has 1 aromatic carbocycles. The van der Waals surface area contributed by atoms with Gasteiger partial charge < -0.3 is 15.2 Å². The van der Waals surface area contributed by atoms with Crippen molar-refractivity contribution in [3.8, 4) is 6.07 Å². The number of benzene rings is 1. The highest BCUT2D eigenvalue weighted by Crippen LogP contribution is 2.30. The van der Waals surface area contributed by atoms with Gasteiger partial charge in [-0.2, -0.15) is 5.26 Å². The molecular weight excluding hydrogens is 498 g/mol. The fourth-order valence-electron chi connectivity index (χ4n) is 4.36. The molecule has 1 fully saturated rings. The summed E-state index contributed by atoms with van der Waals surface area (Å²) in [6, 6.07) is 11.8. The Bertz CT molecular complexity index is 1390. The Morgan fingerprint density at radius 3 is 2.76 bits per heavy atom. The van der Waals surface area contributed by atoms with E-state index in [9.17, 15) is 23.6 Å². The van der Waals surface area contributed by atoms with Crippen molar-refractivity contribution in [1.82, 2.24) is 14.5 Å². The molecule has 1 aliphatic heterocycles. The predicted octanol–water partition coefficient (Wildman–Crippen LogP) is 4.71. The number of alkyl halides is 2. The number of carbonyl (C=O) groups is 2. The van der Waals surface area contributed by atoms with Crippen LogP contribution in [0.3, 0.4) is 0 Å². The van der Waals surface area contributed by atoms with Gasteiger partial charge in [-0.05, 0) is 42.5 Å². The van der Waals surface area contributed by atoms with Crippen LogP contribution in [0.2, 0.25) is 0 Å². The Kier molecular flexibility index (Phi) is 7.71. The number of nitriles is 1. The topological polar surface area (TPSA) is 117 Å². The molecule has 11 heteroatoms. The van der Waals surface area contributed by atoms with Gasteiger partial charge in [-0.1, -0.05) is 32.1 Å². The van der Waals surface area contributed by atoms with E-state index in [0.29, 0.717) is 31.6 Å². The van der Waals surface area contributed by atoms with Gasteiger partial charge >= 0.3 is 0 Å². The van der Waals surface area contributed by atoms with Crippen molar-refractivity contribution in [2.75, 3.05) is 18.4 Å². The molecule has 2 aromatic heterocycles. The average molecular weight is 527 g/mol. The van der Waals surface area contributed by atoms with Crippen LogP contribution in [0.15, 0.2) is 48.0 Å². The van der Waals surface area contributed by atoms with Crippen molar-refractivity contribution < 1.29 is 18.4 Å². The first-order valence-electron chi connectivity index (χ1n) is 11.9. The van der Waals surface area contributed by atoms with E-state index in [1.165, 1.54) is 12.1 Å². The highest BCUT2D eigenvalue weighted by molar-refractivity contribution is 7.14. The number of hydrogen-bond acceptors (Lipinski definition) is 6. The molecule has 1 aliphatic rings. The van der Waals surface area contributed by atoms with Crippen LogP contribution in [-0.4, -0.2) is 45.4 Å². The van der Waals surface area contributed by atoms with Gasteiger partial charge in [0.05, 0.1) is 26.8 Å². The number of imidazole rings is 1. The van der Waals surface area contributed by atoms with E-state index in [-0.39, 0.29) is 33.2 Å². The summed E-state index contributed by atoms with van der Waals surface area (Å²) >= 11 is 0.732. The van der Waals surface area contributed by atoms with Crippen molar-refractivity contribution in [2.45, 2.75) is 45.7 Å². The number of likely N-dealkylation sites (tertiary alicyclic amines) is 1. The normalized spacial score (nSPS) is 16.4. The van der Waals surface area contributed by atoms with Gasteiger partial charge in [0.25, 0.3) is 18.2 Å². The Balaban J connectivity index is 1.62. The van der Waals surface area contributed by atoms with E-state index >= 15 is 0 Å². The fourth-order valence-corrected chi connectivity index (χ4v) is 5.12. The fraction of sp³-hybridized carbons (Fsp3) is 0.385. The maximum atomic E-state index is 13.3. The van der Waals surface area contributed by atoms with E-state index in [1.54, 1.807) is 11.0 Å². The molecule has 3 N–H and O–H groups in total. The second kappa shape index (κ2) is 10.8. The SMILES string of the molecule is CC(C)(/C=C(\C#N)C(=O)N1CCC[C@@H]1Cn1c(NC(=O)c2ccc(C(F)F)s2)nc2ccccc21)CN. The number of halogens is 2. The lowest BCUT2D eigenvalue weighted by Crippen LogP contribution is -2.39. The molecule has 2 amide bonds. The van der Waals surface area contributed by atoms with Gasteiger partial charge in [-0.3, -0.25) is 14.9 Å². The van der Waals surface area contributed by atoms with Crippen LogP contribution in [0, 0.1) is 16.7 Å². The molecule has 1 atom stereocenters. The molecule has 3 aromatic rings. The van der Waals surface area contributed by atoms with Crippen LogP contribution < -0.4 is 11.1 Å². The molecule has 0 unspecified atom stereocenters. The van der Waals surface area contributed by atoms with E-state index in [4.69, 9.17) is 5.73 Å². The Morgan fingerprint density at radius 1 is 1.32 bits per heavy atom. The van der Waals surface area contributed by atoms with Gasteiger partial charge in [0.1, 0.15) is 11.6 Å². The number of aromatic nitrogens is 2. The molecule has 0 saturated carbocycles. The maximum absolute atomic E-state index is 13.3. The highest BCUT2D eigenvalue weighted by Gasteiger charge is 2.33. The minimum Gasteiger partial charge on any atom is -0.333 e. The number of thiophene rings is 1. The minimum absolute atomic E-state index is 0.0545. The van der Waals surface area contributed by atoms with E-state index in [0.717, 1.165) is 23.3 Å². The van der Waals surface area contributed by atoms with Crippen LogP contribution in [0.4, 0.5) is 14.7 Å². The van der Waals surface area contributed by atoms with E-state index in [2.05, 4.69) is 10.3 Å². The first kappa shape index (κ1) is 26.4. The second-order valence-electron chi connectivity index (χ2n) is 9.65. The van der Waals surface area contributed by atoms with Gasteiger partial charge in [0.15, 0.2) is 0 Å². The number of fused-ring (bicyclic) bond motifs is 1. The van der Waals surface area contributed by atoms with Gasteiger partial charge in [0, 0.05) is 19.6 Å². The number of nitrogens with zero attached hydrogens (tertiary/aromatic N) is 4. The van der Waals surface area contributed by atoms with Crippen molar-refractivity contribution in [3.63, 3.8) is 0 Å². The van der Waals surface area contributed by atoms with Gasteiger partial charge in [-0.15, -0.1) is 11.3 Å². The summed E-state index contributed by atoms with van der Waals surface area (Å²) in [5.41, 5.74) is 6.75. The lowest BCUT2D eigenvalue weighted by atomic mass is 9.91. The van der Waals surface area contributed by atoms with Crippen LogP contribution in [0.5, 0.6) is 0 Å². The highest BCUT2D eigenvalue weighted by atomic mass is 32.1. The number of carbonyl (C=O) groups excluding carboxylic acids is 2. The van der Waals surface area contributed by atoms with E-state index < -0.39 is 17.7 Å². The summed E-state index contributed by atoms with van der Waals surface area (Å²) in [4.78, 5) is 32.4. The largest absolute Gasteiger partial charge is 0.333 e. The zero-order chi connectivity index (χ0) is 26.7. The average Bonchev–Trinajstić information content (AvgIpc) is 3.62. The summed E-state index contributed by atoms with van der Waals surface area (Å²) in [5.74, 6) is -0.621. The van der Waals surface area contributed by atoms with Crippen molar-refractivity contribution in [1.29, 1.82) is 5.26 Å². The molecule has 37 heavy (non-hydrogen) atoms. The van der Waals surface area contributed by atoms with Gasteiger partial charge in [-0.25, -0.2) is 13.8 Å². The van der Waals surface area contributed by atoms with Crippen molar-refractivity contribution in [2.24, 2.45) is 11.1 Å². The number of amides is 2. The molecule has 194 valence electrons. The molecule has 8 nitrogen and oxygen atoms in total. The predicted molar refractivity (Wildman–Crippen MR) is 138 cm³/mol. The second-order valence-corrected chi connectivity index (χ2v) is 10.8. The number of anilines is 1. The van der Waals surface area contributed by atoms with Crippen LogP contribution in [0.25, 0.3) is 11.0 Å². The third-order valence-electron chi connectivity index (χ3n) is 6.39. The van der Waals surface area contributed by atoms with E-state index in [1.807, 2.05) is 48.7 Å². The smallest absolute Gasteiger partial charge is 0.272 e. The maximum Gasteiger partial charge on any atom is 0.272 e. The van der Waals surface area contributed by atoms with Crippen molar-refractivity contribution >= 4 is 40.1 Å². The van der Waals surface area contributed by atoms with Crippen molar-refractivity contribution in [3.05, 3.63) is 57.8 Å². The number of para-hydroxylation sites is 2. The first-order valence-corrected chi connectivity index (χ1v) is 12.7. The number of rotatable bonds is 8. The summed E-state index contributed by atoms with van der Waals surface area (Å²) in [7, 11) is 0. The third-order valence-corrected chi connectivity index (χ3v) is 7.48. The number of nitrogens with two attached hydrogens (primary N) is 1. The van der Waals surface area contributed by atoms with Gasteiger partial charge in [0.2, 0.25) is 5.95 Å². The third kappa shape index (κ3) is 5.70. The van der Waals surface area contributed by atoms with Crippen LogP contribution >= 0.6 is 11.3 Å². The first-order chi connectivity index (χ1) is 17.6.